The van der Waals surface area contributed by atoms with Crippen molar-refractivity contribution in [1.82, 2.24) is 5.32 Å². The van der Waals surface area contributed by atoms with Gasteiger partial charge in [-0.2, -0.15) is 0 Å². The average molecular weight is 191 g/mol. The van der Waals surface area contributed by atoms with Crippen LogP contribution in [0.3, 0.4) is 0 Å². The summed E-state index contributed by atoms with van der Waals surface area (Å²) in [5.41, 5.74) is 0. The van der Waals surface area contributed by atoms with Crippen LogP contribution in [-0.4, -0.2) is 46.5 Å². The first kappa shape index (κ1) is 8.18. The van der Waals surface area contributed by atoms with Crippen LogP contribution in [0.5, 0.6) is 0 Å². The molecule has 2 aliphatic heterocycles. The third-order valence-corrected chi connectivity index (χ3v) is 2.19. The molecule has 0 aromatic carbocycles. The number of nitrogens with one attached hydrogen (secondary N) is 1. The maximum absolute atomic E-state index is 9.41. The highest BCUT2D eigenvalue weighted by atomic mass is 32.1. The van der Waals surface area contributed by atoms with Crippen molar-refractivity contribution in [2.24, 2.45) is 0 Å². The number of ether oxygens (including phenoxy) is 2. The van der Waals surface area contributed by atoms with Gasteiger partial charge in [-0.15, -0.1) is 0 Å². The van der Waals surface area contributed by atoms with E-state index in [-0.39, 0.29) is 11.8 Å². The predicted octanol–water partition coefficient (Wildman–Crippen LogP) is -1.66. The van der Waals surface area contributed by atoms with Gasteiger partial charge in [0.25, 0.3) is 5.17 Å². The van der Waals surface area contributed by atoms with Gasteiger partial charge in [-0.3, -0.25) is 0 Å². The van der Waals surface area contributed by atoms with Crippen molar-refractivity contribution in [3.63, 3.8) is 0 Å². The Morgan fingerprint density at radius 3 is 3.00 bits per heavy atom. The van der Waals surface area contributed by atoms with Crippen molar-refractivity contribution in [3.8, 4) is 0 Å². The van der Waals surface area contributed by atoms with Crippen molar-refractivity contribution in [2.45, 2.75) is 24.5 Å². The van der Waals surface area contributed by atoms with Crippen LogP contribution < -0.4 is 5.32 Å². The third-order valence-electron chi connectivity index (χ3n) is 1.98. The molecule has 68 valence electrons. The van der Waals surface area contributed by atoms with Gasteiger partial charge < -0.3 is 25.0 Å². The van der Waals surface area contributed by atoms with E-state index in [1.165, 1.54) is 0 Å². The van der Waals surface area contributed by atoms with Crippen LogP contribution in [0.15, 0.2) is 0 Å². The standard InChI is InChI=1S/C6H9NO4S/c8-2-1-10-5-4(3(2)9)11-6(12)7-5/h2-5,8-9H,1H2,(H,7,12). The Bertz CT molecular complexity index is 212. The molecule has 0 aromatic rings. The Hall–Kier alpha value is -0.430. The van der Waals surface area contributed by atoms with Gasteiger partial charge in [0.1, 0.15) is 12.2 Å². The Kier molecular flexibility index (Phi) is 1.91. The monoisotopic (exact) mass is 191 g/mol. The molecular weight excluding hydrogens is 182 g/mol. The summed E-state index contributed by atoms with van der Waals surface area (Å²) in [6.07, 6.45) is -2.83. The van der Waals surface area contributed by atoms with Gasteiger partial charge in [0.05, 0.1) is 6.61 Å². The van der Waals surface area contributed by atoms with Crippen LogP contribution in [0.2, 0.25) is 0 Å². The molecule has 5 nitrogen and oxygen atoms in total. The summed E-state index contributed by atoms with van der Waals surface area (Å²) >= 11 is 4.72. The molecule has 2 fully saturated rings. The van der Waals surface area contributed by atoms with Gasteiger partial charge in [0.15, 0.2) is 12.3 Å². The molecule has 4 unspecified atom stereocenters. The number of thiocarbonyl (C=S) groups is 1. The number of aliphatic hydroxyl groups is 2. The highest BCUT2D eigenvalue weighted by molar-refractivity contribution is 7.80. The lowest BCUT2D eigenvalue weighted by Gasteiger charge is -2.31. The average Bonchev–Trinajstić information content (AvgIpc) is 2.39. The molecule has 0 aliphatic carbocycles. The van der Waals surface area contributed by atoms with Gasteiger partial charge in [-0.05, 0) is 12.2 Å². The second-order valence-electron chi connectivity index (χ2n) is 2.83. The van der Waals surface area contributed by atoms with E-state index in [1.54, 1.807) is 0 Å². The van der Waals surface area contributed by atoms with Crippen LogP contribution in [0, 0.1) is 0 Å². The topological polar surface area (TPSA) is 71.0 Å². The van der Waals surface area contributed by atoms with Crippen LogP contribution >= 0.6 is 12.2 Å². The number of aliphatic hydroxyl groups excluding tert-OH is 2. The minimum Gasteiger partial charge on any atom is -0.460 e. The lowest BCUT2D eigenvalue weighted by molar-refractivity contribution is -0.168. The van der Waals surface area contributed by atoms with E-state index >= 15 is 0 Å². The second-order valence-corrected chi connectivity index (χ2v) is 3.20. The fraction of sp³-hybridized carbons (Fsp3) is 0.833. The van der Waals surface area contributed by atoms with E-state index in [4.69, 9.17) is 21.7 Å². The SMILES string of the molecule is OC1COC2NC(=S)OC2C1O. The fourth-order valence-corrected chi connectivity index (χ4v) is 1.55. The van der Waals surface area contributed by atoms with Crippen molar-refractivity contribution in [3.05, 3.63) is 0 Å². The summed E-state index contributed by atoms with van der Waals surface area (Å²) in [5.74, 6) is 0. The molecule has 4 atom stereocenters. The molecule has 0 amide bonds. The highest BCUT2D eigenvalue weighted by Crippen LogP contribution is 2.21. The first-order valence-electron chi connectivity index (χ1n) is 3.63. The van der Waals surface area contributed by atoms with Crippen LogP contribution in [-0.2, 0) is 9.47 Å². The molecule has 2 rings (SSSR count). The van der Waals surface area contributed by atoms with Crippen LogP contribution in [0.4, 0.5) is 0 Å². The Labute approximate surface area is 74.3 Å². The molecule has 6 heteroatoms. The Balaban J connectivity index is 2.11. The van der Waals surface area contributed by atoms with Gasteiger partial charge in [-0.25, -0.2) is 0 Å². The van der Waals surface area contributed by atoms with E-state index < -0.39 is 24.5 Å². The van der Waals surface area contributed by atoms with E-state index in [1.807, 2.05) is 0 Å². The van der Waals surface area contributed by atoms with Crippen molar-refractivity contribution in [1.29, 1.82) is 0 Å². The highest BCUT2D eigenvalue weighted by Gasteiger charge is 2.45. The minimum absolute atomic E-state index is 0.0985. The zero-order valence-corrected chi connectivity index (χ0v) is 6.95. The molecule has 0 bridgehead atoms. The number of hydrogen-bond acceptors (Lipinski definition) is 5. The summed E-state index contributed by atoms with van der Waals surface area (Å²) in [7, 11) is 0. The molecule has 0 spiro atoms. The molecule has 2 heterocycles. The minimum atomic E-state index is -0.934. The number of fused-ring (bicyclic) bond motifs is 1. The maximum Gasteiger partial charge on any atom is 0.259 e. The molecule has 0 aromatic heterocycles. The number of rotatable bonds is 0. The summed E-state index contributed by atoms with van der Waals surface area (Å²) in [6, 6.07) is 0. The number of hydrogen-bond donors (Lipinski definition) is 3. The quantitative estimate of drug-likeness (QED) is 0.398. The van der Waals surface area contributed by atoms with E-state index in [0.717, 1.165) is 0 Å². The Morgan fingerprint density at radius 2 is 2.25 bits per heavy atom. The van der Waals surface area contributed by atoms with Crippen LogP contribution in [0.25, 0.3) is 0 Å². The van der Waals surface area contributed by atoms with Gasteiger partial charge in [0.2, 0.25) is 0 Å². The third kappa shape index (κ3) is 1.16. The van der Waals surface area contributed by atoms with Gasteiger partial charge in [-0.1, -0.05) is 0 Å². The fourth-order valence-electron chi connectivity index (χ4n) is 1.32. The van der Waals surface area contributed by atoms with Crippen molar-refractivity contribution >= 4 is 17.4 Å². The zero-order chi connectivity index (χ0) is 8.72. The molecule has 2 aliphatic rings. The summed E-state index contributed by atoms with van der Waals surface area (Å²) in [6.45, 7) is 0.0985. The normalized spacial score (nSPS) is 46.3. The smallest absolute Gasteiger partial charge is 0.259 e. The van der Waals surface area contributed by atoms with Crippen LogP contribution in [0.1, 0.15) is 0 Å². The van der Waals surface area contributed by atoms with E-state index in [0.29, 0.717) is 0 Å². The maximum atomic E-state index is 9.41. The summed E-state index contributed by atoms with van der Waals surface area (Å²) in [4.78, 5) is 0. The first-order chi connectivity index (χ1) is 5.68. The first-order valence-corrected chi connectivity index (χ1v) is 4.04. The molecule has 3 N–H and O–H groups in total. The molecule has 0 radical (unpaired) electrons. The summed E-state index contributed by atoms with van der Waals surface area (Å²) < 4.78 is 10.2. The molecule has 2 saturated heterocycles. The van der Waals surface area contributed by atoms with Crippen molar-refractivity contribution in [2.75, 3.05) is 6.61 Å². The van der Waals surface area contributed by atoms with Crippen molar-refractivity contribution < 1.29 is 19.7 Å². The predicted molar refractivity (Wildman–Crippen MR) is 42.4 cm³/mol. The molecular formula is C6H9NO4S. The molecule has 0 saturated carbocycles. The largest absolute Gasteiger partial charge is 0.460 e. The lowest BCUT2D eigenvalue weighted by Crippen LogP contribution is -2.53. The summed E-state index contributed by atoms with van der Waals surface area (Å²) in [5, 5.41) is 21.5. The van der Waals surface area contributed by atoms with E-state index in [2.05, 4.69) is 5.32 Å². The van der Waals surface area contributed by atoms with Gasteiger partial charge in [0, 0.05) is 0 Å². The molecule has 12 heavy (non-hydrogen) atoms. The zero-order valence-electron chi connectivity index (χ0n) is 6.14. The van der Waals surface area contributed by atoms with E-state index in [9.17, 15) is 10.2 Å². The lowest BCUT2D eigenvalue weighted by atomic mass is 10.1. The Morgan fingerprint density at radius 1 is 1.50 bits per heavy atom. The van der Waals surface area contributed by atoms with Gasteiger partial charge >= 0.3 is 0 Å². The second kappa shape index (κ2) is 2.81.